The Morgan fingerprint density at radius 2 is 1.75 bits per heavy atom. The average molecular weight is 400 g/mol. The number of rotatable bonds is 7. The van der Waals surface area contributed by atoms with Crippen LogP contribution in [0.25, 0.3) is 5.57 Å². The van der Waals surface area contributed by atoms with Gasteiger partial charge in [-0.15, -0.1) is 11.8 Å². The van der Waals surface area contributed by atoms with Gasteiger partial charge in [0.1, 0.15) is 0 Å². The SMILES string of the molecule is COC(=O)C(=CN(C)C)c1ccccc1SCC1(c2ccccc2)OCCO1. The van der Waals surface area contributed by atoms with E-state index in [-0.39, 0.29) is 5.97 Å². The van der Waals surface area contributed by atoms with Crippen LogP contribution in [0.1, 0.15) is 11.1 Å². The zero-order valence-electron chi connectivity index (χ0n) is 16.4. The number of hydrogen-bond acceptors (Lipinski definition) is 6. The number of benzene rings is 2. The van der Waals surface area contributed by atoms with Crippen LogP contribution in [0, 0.1) is 0 Å². The monoisotopic (exact) mass is 399 g/mol. The highest BCUT2D eigenvalue weighted by Gasteiger charge is 2.38. The molecule has 148 valence electrons. The number of hydrogen-bond donors (Lipinski definition) is 0. The van der Waals surface area contributed by atoms with Crippen molar-refractivity contribution in [2.45, 2.75) is 10.7 Å². The predicted octanol–water partition coefficient (Wildman–Crippen LogP) is 3.75. The van der Waals surface area contributed by atoms with E-state index < -0.39 is 5.79 Å². The van der Waals surface area contributed by atoms with Crippen LogP contribution in [-0.2, 0) is 24.8 Å². The Balaban J connectivity index is 1.90. The van der Waals surface area contributed by atoms with E-state index in [9.17, 15) is 4.79 Å². The highest BCUT2D eigenvalue weighted by Crippen LogP contribution is 2.39. The van der Waals surface area contributed by atoms with Crippen LogP contribution >= 0.6 is 11.8 Å². The van der Waals surface area contributed by atoms with Crippen LogP contribution in [0.15, 0.2) is 65.7 Å². The van der Waals surface area contributed by atoms with Crippen LogP contribution < -0.4 is 0 Å². The molecule has 2 aromatic carbocycles. The van der Waals surface area contributed by atoms with Gasteiger partial charge in [0.15, 0.2) is 0 Å². The first-order chi connectivity index (χ1) is 13.6. The van der Waals surface area contributed by atoms with Gasteiger partial charge in [0.05, 0.1) is 31.6 Å². The summed E-state index contributed by atoms with van der Waals surface area (Å²) in [6.45, 7) is 1.12. The standard InChI is InChI=1S/C22H25NO4S/c1-23(2)15-19(21(24)25-3)18-11-7-8-12-20(18)28-16-22(26-13-14-27-22)17-9-5-4-6-10-17/h4-12,15H,13-14,16H2,1-3H3. The summed E-state index contributed by atoms with van der Waals surface area (Å²) in [6.07, 6.45) is 1.78. The molecule has 0 aliphatic carbocycles. The maximum absolute atomic E-state index is 12.4. The van der Waals surface area contributed by atoms with E-state index in [1.54, 1.807) is 18.0 Å². The Bertz CT molecular complexity index is 829. The van der Waals surface area contributed by atoms with Crippen LogP contribution in [0.3, 0.4) is 0 Å². The molecule has 0 atom stereocenters. The van der Waals surface area contributed by atoms with Gasteiger partial charge in [-0.05, 0) is 6.07 Å². The molecular weight excluding hydrogens is 374 g/mol. The lowest BCUT2D eigenvalue weighted by atomic mass is 10.1. The van der Waals surface area contributed by atoms with Gasteiger partial charge in [0.25, 0.3) is 0 Å². The maximum atomic E-state index is 12.4. The lowest BCUT2D eigenvalue weighted by Gasteiger charge is -2.28. The molecule has 0 radical (unpaired) electrons. The second kappa shape index (κ2) is 9.28. The smallest absolute Gasteiger partial charge is 0.339 e. The molecule has 0 saturated carbocycles. The van der Waals surface area contributed by atoms with Gasteiger partial charge in [-0.1, -0.05) is 48.5 Å². The number of methoxy groups -OCH3 is 1. The lowest BCUT2D eigenvalue weighted by Crippen LogP contribution is -2.30. The predicted molar refractivity (Wildman–Crippen MR) is 111 cm³/mol. The molecule has 5 nitrogen and oxygen atoms in total. The summed E-state index contributed by atoms with van der Waals surface area (Å²) in [6, 6.07) is 17.8. The molecule has 0 aromatic heterocycles. The first-order valence-corrected chi connectivity index (χ1v) is 10.1. The summed E-state index contributed by atoms with van der Waals surface area (Å²) in [4.78, 5) is 15.2. The number of ether oxygens (including phenoxy) is 3. The van der Waals surface area contributed by atoms with Crippen LogP contribution in [-0.4, -0.2) is 51.0 Å². The Hall–Kier alpha value is -2.28. The Kier molecular flexibility index (Phi) is 6.78. The van der Waals surface area contributed by atoms with Gasteiger partial charge in [-0.3, -0.25) is 0 Å². The van der Waals surface area contributed by atoms with Gasteiger partial charge in [0, 0.05) is 36.3 Å². The van der Waals surface area contributed by atoms with E-state index >= 15 is 0 Å². The quantitative estimate of drug-likeness (QED) is 0.401. The summed E-state index contributed by atoms with van der Waals surface area (Å²) in [5.74, 6) is -0.576. The fourth-order valence-electron chi connectivity index (χ4n) is 3.07. The highest BCUT2D eigenvalue weighted by atomic mass is 32.2. The Morgan fingerprint density at radius 3 is 2.39 bits per heavy atom. The van der Waals surface area contributed by atoms with Gasteiger partial charge >= 0.3 is 5.97 Å². The van der Waals surface area contributed by atoms with Crippen molar-refractivity contribution in [1.29, 1.82) is 0 Å². The summed E-state index contributed by atoms with van der Waals surface area (Å²) >= 11 is 1.60. The van der Waals surface area contributed by atoms with Crippen molar-refractivity contribution in [3.8, 4) is 0 Å². The number of carbonyl (C=O) groups is 1. The van der Waals surface area contributed by atoms with E-state index in [4.69, 9.17) is 14.2 Å². The molecule has 6 heteroatoms. The van der Waals surface area contributed by atoms with E-state index in [0.29, 0.717) is 24.5 Å². The zero-order chi connectivity index (χ0) is 20.0. The average Bonchev–Trinajstić information content (AvgIpc) is 3.21. The second-order valence-electron chi connectivity index (χ2n) is 6.60. The summed E-state index contributed by atoms with van der Waals surface area (Å²) in [5.41, 5.74) is 2.33. The van der Waals surface area contributed by atoms with Gasteiger partial charge in [-0.2, -0.15) is 0 Å². The first kappa shape index (κ1) is 20.5. The minimum atomic E-state index is -0.782. The molecule has 0 amide bonds. The van der Waals surface area contributed by atoms with Crippen molar-refractivity contribution in [2.75, 3.05) is 40.2 Å². The Labute approximate surface area is 170 Å². The summed E-state index contributed by atoms with van der Waals surface area (Å²) in [5, 5.41) is 0. The van der Waals surface area contributed by atoms with E-state index in [0.717, 1.165) is 16.0 Å². The number of carbonyl (C=O) groups excluding carboxylic acids is 1. The molecule has 0 unspecified atom stereocenters. The molecule has 1 fully saturated rings. The minimum Gasteiger partial charge on any atom is -0.465 e. The molecule has 1 heterocycles. The van der Waals surface area contributed by atoms with E-state index in [1.807, 2.05) is 73.6 Å². The van der Waals surface area contributed by atoms with Crippen molar-refractivity contribution >= 4 is 23.3 Å². The molecule has 0 N–H and O–H groups in total. The maximum Gasteiger partial charge on any atom is 0.339 e. The lowest BCUT2D eigenvalue weighted by molar-refractivity contribution is -0.145. The highest BCUT2D eigenvalue weighted by molar-refractivity contribution is 7.99. The van der Waals surface area contributed by atoms with Gasteiger partial charge < -0.3 is 19.1 Å². The van der Waals surface area contributed by atoms with Crippen LogP contribution in [0.4, 0.5) is 0 Å². The third-order valence-corrected chi connectivity index (χ3v) is 5.55. The number of esters is 1. The normalized spacial score (nSPS) is 16.0. The minimum absolute atomic E-state index is 0.368. The second-order valence-corrected chi connectivity index (χ2v) is 7.62. The van der Waals surface area contributed by atoms with Crippen molar-refractivity contribution in [1.82, 2.24) is 4.90 Å². The van der Waals surface area contributed by atoms with Crippen LogP contribution in [0.2, 0.25) is 0 Å². The van der Waals surface area contributed by atoms with Crippen molar-refractivity contribution < 1.29 is 19.0 Å². The fraction of sp³-hybridized carbons (Fsp3) is 0.318. The number of thioether (sulfide) groups is 1. The van der Waals surface area contributed by atoms with Crippen molar-refractivity contribution in [3.05, 3.63) is 71.9 Å². The number of nitrogens with zero attached hydrogens (tertiary/aromatic N) is 1. The molecule has 1 aliphatic heterocycles. The largest absolute Gasteiger partial charge is 0.465 e. The molecular formula is C22H25NO4S. The topological polar surface area (TPSA) is 48.0 Å². The summed E-state index contributed by atoms with van der Waals surface area (Å²) < 4.78 is 17.0. The third-order valence-electron chi connectivity index (χ3n) is 4.35. The Morgan fingerprint density at radius 1 is 1.11 bits per heavy atom. The van der Waals surface area contributed by atoms with Gasteiger partial charge in [0.2, 0.25) is 5.79 Å². The zero-order valence-corrected chi connectivity index (χ0v) is 17.2. The van der Waals surface area contributed by atoms with Crippen molar-refractivity contribution in [2.24, 2.45) is 0 Å². The van der Waals surface area contributed by atoms with Crippen molar-refractivity contribution in [3.63, 3.8) is 0 Å². The van der Waals surface area contributed by atoms with E-state index in [2.05, 4.69) is 0 Å². The molecule has 3 rings (SSSR count). The molecule has 28 heavy (non-hydrogen) atoms. The van der Waals surface area contributed by atoms with Crippen LogP contribution in [0.5, 0.6) is 0 Å². The summed E-state index contributed by atoms with van der Waals surface area (Å²) in [7, 11) is 5.15. The molecule has 1 aliphatic rings. The third kappa shape index (κ3) is 4.58. The first-order valence-electron chi connectivity index (χ1n) is 9.08. The molecule has 1 saturated heterocycles. The fourth-order valence-corrected chi connectivity index (χ4v) is 4.26. The van der Waals surface area contributed by atoms with E-state index in [1.165, 1.54) is 7.11 Å². The molecule has 0 spiro atoms. The molecule has 2 aromatic rings. The van der Waals surface area contributed by atoms with Gasteiger partial charge in [-0.25, -0.2) is 4.79 Å². The molecule has 0 bridgehead atoms.